The number of rotatable bonds is 3. The number of hydrogen-bond acceptors (Lipinski definition) is 1. The molecule has 0 spiro atoms. The lowest BCUT2D eigenvalue weighted by Crippen LogP contribution is -1.84. The maximum Gasteiger partial charge on any atom is 0.0629 e. The first kappa shape index (κ1) is 9.46. The first-order valence-electron chi connectivity index (χ1n) is 4.03. The molecule has 1 aromatic heterocycles. The molecule has 0 fully saturated rings. The second kappa shape index (κ2) is 5.09. The van der Waals surface area contributed by atoms with Crippen LogP contribution < -0.4 is 0 Å². The average Bonchev–Trinajstić information content (AvgIpc) is 2.16. The molecular weight excluding hydrogens is 214 g/mol. The van der Waals surface area contributed by atoms with Crippen molar-refractivity contribution in [2.45, 2.75) is 13.3 Å². The van der Waals surface area contributed by atoms with Crippen LogP contribution in [0, 0.1) is 0 Å². The lowest BCUT2D eigenvalue weighted by Gasteiger charge is -1.97. The molecule has 1 nitrogen and oxygen atoms in total. The molecule has 1 heterocycles. The van der Waals surface area contributed by atoms with E-state index in [2.05, 4.69) is 33.9 Å². The molecule has 0 unspecified atom stereocenters. The normalized spacial score (nSPS) is 11.7. The van der Waals surface area contributed by atoms with E-state index in [1.54, 1.807) is 0 Å². The summed E-state index contributed by atoms with van der Waals surface area (Å²) in [5.74, 6) is 0. The molecule has 1 aromatic rings. The second-order valence-electron chi connectivity index (χ2n) is 2.54. The third-order valence-corrected chi connectivity index (χ3v) is 2.39. The van der Waals surface area contributed by atoms with Crippen LogP contribution in [0.5, 0.6) is 0 Å². The number of alkyl halides is 1. The van der Waals surface area contributed by atoms with Gasteiger partial charge in [-0.1, -0.05) is 34.5 Å². The monoisotopic (exact) mass is 225 g/mol. The Kier molecular flexibility index (Phi) is 4.01. The summed E-state index contributed by atoms with van der Waals surface area (Å²) < 4.78 is 0. The highest BCUT2D eigenvalue weighted by atomic mass is 79.9. The van der Waals surface area contributed by atoms with Gasteiger partial charge in [0, 0.05) is 11.5 Å². The predicted molar refractivity (Wildman–Crippen MR) is 56.3 cm³/mol. The molecule has 2 heteroatoms. The van der Waals surface area contributed by atoms with Gasteiger partial charge in [-0.05, 0) is 24.6 Å². The third kappa shape index (κ3) is 2.78. The standard InChI is InChI=1S/C10H12BrN/c1-2-9(8-11)7-10-5-3-4-6-12-10/h3-7H,2,8H2,1H3. The molecule has 0 radical (unpaired) electrons. The van der Waals surface area contributed by atoms with Gasteiger partial charge in [0.25, 0.3) is 0 Å². The summed E-state index contributed by atoms with van der Waals surface area (Å²) in [6.45, 7) is 2.15. The van der Waals surface area contributed by atoms with Gasteiger partial charge in [0.2, 0.25) is 0 Å². The van der Waals surface area contributed by atoms with E-state index in [4.69, 9.17) is 0 Å². The van der Waals surface area contributed by atoms with Crippen LogP contribution in [0.2, 0.25) is 0 Å². The van der Waals surface area contributed by atoms with Gasteiger partial charge >= 0.3 is 0 Å². The van der Waals surface area contributed by atoms with Gasteiger partial charge in [-0.3, -0.25) is 4.98 Å². The Hall–Kier alpha value is -0.630. The lowest BCUT2D eigenvalue weighted by atomic mass is 10.2. The van der Waals surface area contributed by atoms with Crippen molar-refractivity contribution in [1.29, 1.82) is 0 Å². The van der Waals surface area contributed by atoms with Crippen LogP contribution in [0.4, 0.5) is 0 Å². The second-order valence-corrected chi connectivity index (χ2v) is 3.11. The van der Waals surface area contributed by atoms with E-state index in [-0.39, 0.29) is 0 Å². The first-order valence-corrected chi connectivity index (χ1v) is 5.15. The summed E-state index contributed by atoms with van der Waals surface area (Å²) in [4.78, 5) is 4.22. The maximum absolute atomic E-state index is 4.22. The fraction of sp³-hybridized carbons (Fsp3) is 0.300. The number of nitrogens with zero attached hydrogens (tertiary/aromatic N) is 1. The van der Waals surface area contributed by atoms with Gasteiger partial charge in [-0.15, -0.1) is 0 Å². The number of allylic oxidation sites excluding steroid dienone is 1. The Morgan fingerprint density at radius 2 is 2.42 bits per heavy atom. The molecule has 0 atom stereocenters. The minimum Gasteiger partial charge on any atom is -0.257 e. The molecule has 0 saturated carbocycles. The lowest BCUT2D eigenvalue weighted by molar-refractivity contribution is 1.12. The molecular formula is C10H12BrN. The van der Waals surface area contributed by atoms with Gasteiger partial charge < -0.3 is 0 Å². The topological polar surface area (TPSA) is 12.9 Å². The van der Waals surface area contributed by atoms with Crippen molar-refractivity contribution >= 4 is 22.0 Å². The fourth-order valence-corrected chi connectivity index (χ4v) is 1.46. The van der Waals surface area contributed by atoms with E-state index in [0.717, 1.165) is 17.4 Å². The molecule has 0 aromatic carbocycles. The van der Waals surface area contributed by atoms with Crippen molar-refractivity contribution in [3.8, 4) is 0 Å². The van der Waals surface area contributed by atoms with Gasteiger partial charge in [0.05, 0.1) is 5.69 Å². The van der Waals surface area contributed by atoms with Crippen LogP contribution in [0.3, 0.4) is 0 Å². The molecule has 0 aliphatic rings. The molecule has 0 bridgehead atoms. The van der Waals surface area contributed by atoms with Crippen LogP contribution in [-0.4, -0.2) is 10.3 Å². The Labute approximate surface area is 81.7 Å². The van der Waals surface area contributed by atoms with Crippen LogP contribution in [0.15, 0.2) is 30.0 Å². The van der Waals surface area contributed by atoms with Crippen LogP contribution in [0.1, 0.15) is 19.0 Å². The molecule has 12 heavy (non-hydrogen) atoms. The highest BCUT2D eigenvalue weighted by molar-refractivity contribution is 9.09. The SMILES string of the molecule is CCC(=Cc1ccccn1)CBr. The van der Waals surface area contributed by atoms with Crippen molar-refractivity contribution in [3.63, 3.8) is 0 Å². The number of hydrogen-bond donors (Lipinski definition) is 0. The molecule has 0 N–H and O–H groups in total. The predicted octanol–water partition coefficient (Wildman–Crippen LogP) is 3.27. The summed E-state index contributed by atoms with van der Waals surface area (Å²) in [6, 6.07) is 5.94. The van der Waals surface area contributed by atoms with Crippen molar-refractivity contribution in [2.24, 2.45) is 0 Å². The summed E-state index contributed by atoms with van der Waals surface area (Å²) >= 11 is 3.44. The largest absolute Gasteiger partial charge is 0.257 e. The molecule has 0 aliphatic carbocycles. The third-order valence-electron chi connectivity index (χ3n) is 1.67. The number of halogens is 1. The minimum atomic E-state index is 0.931. The highest BCUT2D eigenvalue weighted by Gasteiger charge is 1.92. The fourth-order valence-electron chi connectivity index (χ4n) is 0.906. The zero-order chi connectivity index (χ0) is 8.81. The van der Waals surface area contributed by atoms with E-state index in [1.165, 1.54) is 5.57 Å². The van der Waals surface area contributed by atoms with Gasteiger partial charge in [0.15, 0.2) is 0 Å². The Bertz CT molecular complexity index is 248. The highest BCUT2D eigenvalue weighted by Crippen LogP contribution is 2.09. The van der Waals surface area contributed by atoms with Crippen LogP contribution in [-0.2, 0) is 0 Å². The Morgan fingerprint density at radius 1 is 1.58 bits per heavy atom. The van der Waals surface area contributed by atoms with Crippen molar-refractivity contribution in [2.75, 3.05) is 5.33 Å². The van der Waals surface area contributed by atoms with E-state index in [1.807, 2.05) is 24.4 Å². The zero-order valence-corrected chi connectivity index (χ0v) is 8.71. The van der Waals surface area contributed by atoms with Gasteiger partial charge in [-0.2, -0.15) is 0 Å². The summed E-state index contributed by atoms with van der Waals surface area (Å²) in [5.41, 5.74) is 2.41. The molecule has 1 rings (SSSR count). The van der Waals surface area contributed by atoms with Crippen LogP contribution >= 0.6 is 15.9 Å². The number of pyridine rings is 1. The van der Waals surface area contributed by atoms with Crippen molar-refractivity contribution in [1.82, 2.24) is 4.98 Å². The zero-order valence-electron chi connectivity index (χ0n) is 7.13. The van der Waals surface area contributed by atoms with E-state index >= 15 is 0 Å². The quantitative estimate of drug-likeness (QED) is 0.721. The van der Waals surface area contributed by atoms with Gasteiger partial charge in [-0.25, -0.2) is 0 Å². The van der Waals surface area contributed by atoms with Crippen molar-refractivity contribution in [3.05, 3.63) is 35.7 Å². The average molecular weight is 226 g/mol. The Balaban J connectivity index is 2.79. The first-order chi connectivity index (χ1) is 5.86. The van der Waals surface area contributed by atoms with Gasteiger partial charge in [0.1, 0.15) is 0 Å². The minimum absolute atomic E-state index is 0.931. The summed E-state index contributed by atoms with van der Waals surface area (Å²) in [6.07, 6.45) is 5.00. The van der Waals surface area contributed by atoms with Crippen LogP contribution in [0.25, 0.3) is 6.08 Å². The van der Waals surface area contributed by atoms with E-state index < -0.39 is 0 Å². The van der Waals surface area contributed by atoms with E-state index in [9.17, 15) is 0 Å². The van der Waals surface area contributed by atoms with Crippen molar-refractivity contribution < 1.29 is 0 Å². The summed E-state index contributed by atoms with van der Waals surface area (Å²) in [7, 11) is 0. The number of aromatic nitrogens is 1. The summed E-state index contributed by atoms with van der Waals surface area (Å²) in [5, 5.41) is 0.931. The molecule has 0 amide bonds. The molecule has 0 saturated heterocycles. The van der Waals surface area contributed by atoms with E-state index in [0.29, 0.717) is 0 Å². The molecule has 0 aliphatic heterocycles. The maximum atomic E-state index is 4.22. The molecule has 64 valence electrons. The Morgan fingerprint density at radius 3 is 2.92 bits per heavy atom. The smallest absolute Gasteiger partial charge is 0.0629 e.